The Hall–Kier alpha value is -1.21. The lowest BCUT2D eigenvalue weighted by Gasteiger charge is -2.22. The van der Waals surface area contributed by atoms with Gasteiger partial charge in [0, 0.05) is 26.1 Å². The molecule has 0 atom stereocenters. The van der Waals surface area contributed by atoms with Crippen LogP contribution in [0.5, 0.6) is 0 Å². The molecule has 7 heteroatoms. The van der Waals surface area contributed by atoms with Gasteiger partial charge in [-0.25, -0.2) is 4.68 Å². The number of carbonyl (C=O) groups is 1. The standard InChI is InChI=1S/C14H26N4O2S/c1-7-8-17(9-11(19)16(5)6)10-18-13(21)20-12(15-18)14(2,3)4/h7-10H2,1-6H3. The van der Waals surface area contributed by atoms with Gasteiger partial charge in [-0.05, 0) is 18.6 Å². The number of nitrogens with zero attached hydrogens (tertiary/aromatic N) is 4. The molecule has 0 N–H and O–H groups in total. The minimum Gasteiger partial charge on any atom is -0.413 e. The van der Waals surface area contributed by atoms with Crippen molar-refractivity contribution in [2.45, 2.75) is 46.2 Å². The van der Waals surface area contributed by atoms with Crippen molar-refractivity contribution in [3.05, 3.63) is 10.7 Å². The van der Waals surface area contributed by atoms with Crippen molar-refractivity contribution in [1.29, 1.82) is 0 Å². The van der Waals surface area contributed by atoms with E-state index in [2.05, 4.69) is 12.0 Å². The maximum atomic E-state index is 11.9. The number of amides is 1. The largest absolute Gasteiger partial charge is 0.413 e. The molecule has 0 fully saturated rings. The molecule has 21 heavy (non-hydrogen) atoms. The van der Waals surface area contributed by atoms with Gasteiger partial charge in [-0.3, -0.25) is 9.69 Å². The summed E-state index contributed by atoms with van der Waals surface area (Å²) in [6.45, 7) is 9.77. The van der Waals surface area contributed by atoms with Crippen molar-refractivity contribution in [1.82, 2.24) is 19.6 Å². The smallest absolute Gasteiger partial charge is 0.288 e. The normalized spacial score (nSPS) is 12.0. The zero-order valence-electron chi connectivity index (χ0n) is 13.8. The van der Waals surface area contributed by atoms with Crippen LogP contribution in [0.15, 0.2) is 4.42 Å². The number of carbonyl (C=O) groups excluding carboxylic acids is 1. The van der Waals surface area contributed by atoms with Crippen molar-refractivity contribution < 1.29 is 9.21 Å². The van der Waals surface area contributed by atoms with Gasteiger partial charge in [0.1, 0.15) is 0 Å². The Morgan fingerprint density at radius 2 is 2.00 bits per heavy atom. The van der Waals surface area contributed by atoms with Gasteiger partial charge in [-0.1, -0.05) is 27.7 Å². The molecule has 1 heterocycles. The van der Waals surface area contributed by atoms with Gasteiger partial charge < -0.3 is 9.32 Å². The molecule has 1 aromatic heterocycles. The van der Waals surface area contributed by atoms with E-state index in [0.29, 0.717) is 23.9 Å². The molecule has 0 aliphatic heterocycles. The van der Waals surface area contributed by atoms with Crippen LogP contribution in [-0.2, 0) is 16.9 Å². The summed E-state index contributed by atoms with van der Waals surface area (Å²) < 4.78 is 7.20. The Morgan fingerprint density at radius 3 is 2.43 bits per heavy atom. The zero-order chi connectivity index (χ0) is 16.2. The van der Waals surface area contributed by atoms with E-state index in [4.69, 9.17) is 16.6 Å². The van der Waals surface area contributed by atoms with Crippen LogP contribution in [0.25, 0.3) is 0 Å². The number of likely N-dealkylation sites (N-methyl/N-ethyl adjacent to an activating group) is 1. The second kappa shape index (κ2) is 7.17. The van der Waals surface area contributed by atoms with Gasteiger partial charge in [0.25, 0.3) is 4.84 Å². The second-order valence-corrected chi connectivity index (χ2v) is 6.75. The highest BCUT2D eigenvalue weighted by Gasteiger charge is 2.22. The highest BCUT2D eigenvalue weighted by molar-refractivity contribution is 7.71. The summed E-state index contributed by atoms with van der Waals surface area (Å²) in [6, 6.07) is 0. The van der Waals surface area contributed by atoms with Crippen LogP contribution in [0.2, 0.25) is 0 Å². The van der Waals surface area contributed by atoms with Crippen LogP contribution in [0.1, 0.15) is 40.0 Å². The summed E-state index contributed by atoms with van der Waals surface area (Å²) in [5.41, 5.74) is -0.187. The molecule has 1 rings (SSSR count). The maximum Gasteiger partial charge on any atom is 0.288 e. The third-order valence-electron chi connectivity index (χ3n) is 2.98. The lowest BCUT2D eigenvalue weighted by molar-refractivity contribution is -0.130. The average Bonchev–Trinajstić information content (AvgIpc) is 2.71. The van der Waals surface area contributed by atoms with Gasteiger partial charge >= 0.3 is 0 Å². The van der Waals surface area contributed by atoms with Crippen molar-refractivity contribution in [3.8, 4) is 0 Å². The molecule has 0 aromatic carbocycles. The van der Waals surface area contributed by atoms with Crippen molar-refractivity contribution in [2.75, 3.05) is 27.2 Å². The van der Waals surface area contributed by atoms with E-state index < -0.39 is 0 Å². The number of hydrogen-bond acceptors (Lipinski definition) is 5. The van der Waals surface area contributed by atoms with Crippen LogP contribution in [0, 0.1) is 4.84 Å². The quantitative estimate of drug-likeness (QED) is 0.754. The third-order valence-corrected chi connectivity index (χ3v) is 3.27. The van der Waals surface area contributed by atoms with E-state index in [9.17, 15) is 4.79 Å². The number of hydrogen-bond donors (Lipinski definition) is 0. The average molecular weight is 314 g/mol. The molecule has 1 amide bonds. The Morgan fingerprint density at radius 1 is 1.38 bits per heavy atom. The molecule has 0 radical (unpaired) electrons. The number of aromatic nitrogens is 2. The highest BCUT2D eigenvalue weighted by atomic mass is 32.1. The molecule has 0 saturated heterocycles. The van der Waals surface area contributed by atoms with Gasteiger partial charge in [-0.2, -0.15) is 0 Å². The van der Waals surface area contributed by atoms with Crippen molar-refractivity contribution >= 4 is 18.1 Å². The zero-order valence-corrected chi connectivity index (χ0v) is 14.7. The summed E-state index contributed by atoms with van der Waals surface area (Å²) in [5.74, 6) is 0.678. The van der Waals surface area contributed by atoms with Gasteiger partial charge in [-0.15, -0.1) is 5.10 Å². The Bertz CT molecular complexity index is 528. The monoisotopic (exact) mass is 314 g/mol. The molecule has 0 aliphatic carbocycles. The summed E-state index contributed by atoms with van der Waals surface area (Å²) in [6.07, 6.45) is 0.956. The van der Waals surface area contributed by atoms with E-state index in [-0.39, 0.29) is 11.3 Å². The van der Waals surface area contributed by atoms with Gasteiger partial charge in [0.05, 0.1) is 13.2 Å². The first kappa shape index (κ1) is 17.8. The van der Waals surface area contributed by atoms with E-state index in [1.165, 1.54) is 0 Å². The molecule has 6 nitrogen and oxygen atoms in total. The fraction of sp³-hybridized carbons (Fsp3) is 0.786. The lowest BCUT2D eigenvalue weighted by atomic mass is 9.97. The van der Waals surface area contributed by atoms with Crippen molar-refractivity contribution in [2.24, 2.45) is 0 Å². The van der Waals surface area contributed by atoms with Crippen LogP contribution in [0.4, 0.5) is 0 Å². The molecular weight excluding hydrogens is 288 g/mol. The molecule has 120 valence electrons. The van der Waals surface area contributed by atoms with Crippen molar-refractivity contribution in [3.63, 3.8) is 0 Å². The predicted octanol–water partition coefficient (Wildman–Crippen LogP) is 2.26. The van der Waals surface area contributed by atoms with E-state index in [1.807, 2.05) is 25.7 Å². The molecule has 0 spiro atoms. The Labute approximate surface area is 131 Å². The highest BCUT2D eigenvalue weighted by Crippen LogP contribution is 2.20. The molecule has 0 unspecified atom stereocenters. The summed E-state index contributed by atoms with van der Waals surface area (Å²) in [7, 11) is 3.51. The van der Waals surface area contributed by atoms with E-state index in [1.54, 1.807) is 23.7 Å². The fourth-order valence-corrected chi connectivity index (χ4v) is 1.91. The first-order valence-corrected chi connectivity index (χ1v) is 7.57. The van der Waals surface area contributed by atoms with Crippen LogP contribution in [0.3, 0.4) is 0 Å². The molecule has 0 aliphatic rings. The predicted molar refractivity (Wildman–Crippen MR) is 84.6 cm³/mol. The van der Waals surface area contributed by atoms with Crippen LogP contribution < -0.4 is 0 Å². The fourth-order valence-electron chi connectivity index (χ4n) is 1.74. The molecular formula is C14H26N4O2S. The molecule has 0 bridgehead atoms. The summed E-state index contributed by atoms with van der Waals surface area (Å²) in [5, 5.41) is 4.43. The minimum absolute atomic E-state index is 0.0644. The van der Waals surface area contributed by atoms with Gasteiger partial charge in [0.15, 0.2) is 0 Å². The third kappa shape index (κ3) is 5.24. The lowest BCUT2D eigenvalue weighted by Crippen LogP contribution is -2.38. The first-order valence-electron chi connectivity index (χ1n) is 7.16. The second-order valence-electron chi connectivity index (χ2n) is 6.40. The number of rotatable bonds is 6. The minimum atomic E-state index is -0.187. The van der Waals surface area contributed by atoms with E-state index in [0.717, 1.165) is 13.0 Å². The Balaban J connectivity index is 2.87. The SMILES string of the molecule is CCCN(CC(=O)N(C)C)Cn1nc(C(C)(C)C)oc1=S. The maximum absolute atomic E-state index is 11.9. The van der Waals surface area contributed by atoms with Gasteiger partial charge in [0.2, 0.25) is 11.8 Å². The Kier molecular flexibility index (Phi) is 6.10. The molecule has 0 saturated carbocycles. The molecule has 1 aromatic rings. The van der Waals surface area contributed by atoms with E-state index >= 15 is 0 Å². The van der Waals surface area contributed by atoms with Crippen LogP contribution in [-0.4, -0.2) is 52.7 Å². The summed E-state index contributed by atoms with van der Waals surface area (Å²) in [4.78, 5) is 15.8. The topological polar surface area (TPSA) is 54.5 Å². The first-order chi connectivity index (χ1) is 9.65. The summed E-state index contributed by atoms with van der Waals surface area (Å²) >= 11 is 5.22. The van der Waals surface area contributed by atoms with Crippen LogP contribution >= 0.6 is 12.2 Å².